The van der Waals surface area contributed by atoms with Crippen molar-refractivity contribution >= 4 is 18.3 Å². The van der Waals surface area contributed by atoms with E-state index in [1.807, 2.05) is 13.8 Å². The van der Waals surface area contributed by atoms with Gasteiger partial charge in [-0.25, -0.2) is 0 Å². The van der Waals surface area contributed by atoms with E-state index in [1.54, 1.807) is 13.2 Å². The second-order valence-electron chi connectivity index (χ2n) is 4.28. The van der Waals surface area contributed by atoms with Gasteiger partial charge in [-0.3, -0.25) is 4.79 Å². The first kappa shape index (κ1) is 16.0. The van der Waals surface area contributed by atoms with Crippen LogP contribution >= 0.6 is 12.4 Å². The number of nitrogens with one attached hydrogen (secondary N) is 1. The minimum atomic E-state index is -0.411. The molecule has 0 fully saturated rings. The van der Waals surface area contributed by atoms with Gasteiger partial charge < -0.3 is 20.2 Å². The molecular weight excluding hydrogens is 244 g/mol. The van der Waals surface area contributed by atoms with Gasteiger partial charge in [0.05, 0.1) is 24.3 Å². The molecule has 0 aliphatic carbocycles. The van der Waals surface area contributed by atoms with Gasteiger partial charge in [-0.1, -0.05) is 0 Å². The van der Waals surface area contributed by atoms with Gasteiger partial charge in [-0.15, -0.1) is 12.4 Å². The fourth-order valence-corrected chi connectivity index (χ4v) is 1.38. The molecular formula is C11H19ClN2O3. The molecule has 1 heterocycles. The second kappa shape index (κ2) is 6.64. The number of halogens is 1. The summed E-state index contributed by atoms with van der Waals surface area (Å²) in [4.78, 5) is 11.8. The van der Waals surface area contributed by atoms with Crippen LogP contribution < -0.4 is 11.1 Å². The highest BCUT2D eigenvalue weighted by Crippen LogP contribution is 2.09. The summed E-state index contributed by atoms with van der Waals surface area (Å²) in [6.07, 6.45) is 1.40. The van der Waals surface area contributed by atoms with E-state index in [9.17, 15) is 4.79 Å². The van der Waals surface area contributed by atoms with Crippen LogP contribution in [0, 0.1) is 0 Å². The molecule has 1 aromatic heterocycles. The van der Waals surface area contributed by atoms with E-state index in [0.29, 0.717) is 17.9 Å². The fourth-order valence-electron chi connectivity index (χ4n) is 1.38. The van der Waals surface area contributed by atoms with E-state index in [-0.39, 0.29) is 24.9 Å². The van der Waals surface area contributed by atoms with Crippen molar-refractivity contribution in [1.82, 2.24) is 5.32 Å². The summed E-state index contributed by atoms with van der Waals surface area (Å²) in [6.45, 7) is 4.51. The lowest BCUT2D eigenvalue weighted by Gasteiger charge is -2.24. The van der Waals surface area contributed by atoms with Crippen LogP contribution in [-0.4, -0.2) is 25.2 Å². The van der Waals surface area contributed by atoms with Crippen molar-refractivity contribution in [3.8, 4) is 0 Å². The number of nitrogens with two attached hydrogens (primary N) is 1. The number of amides is 1. The first-order valence-electron chi connectivity index (χ1n) is 5.07. The molecule has 5 nitrogen and oxygen atoms in total. The fraction of sp³-hybridized carbons (Fsp3) is 0.545. The van der Waals surface area contributed by atoms with Gasteiger partial charge in [0, 0.05) is 7.11 Å². The first-order chi connectivity index (χ1) is 7.48. The molecule has 17 heavy (non-hydrogen) atoms. The highest BCUT2D eigenvalue weighted by Gasteiger charge is 2.21. The molecule has 1 amide bonds. The van der Waals surface area contributed by atoms with Crippen LogP contribution in [0.3, 0.4) is 0 Å². The second-order valence-corrected chi connectivity index (χ2v) is 4.28. The lowest BCUT2D eigenvalue weighted by Crippen LogP contribution is -2.46. The van der Waals surface area contributed by atoms with Gasteiger partial charge in [0.25, 0.3) is 5.91 Å². The first-order valence-corrected chi connectivity index (χ1v) is 5.07. The highest BCUT2D eigenvalue weighted by atomic mass is 35.5. The number of hydrogen-bond donors (Lipinski definition) is 2. The van der Waals surface area contributed by atoms with Gasteiger partial charge in [-0.2, -0.15) is 0 Å². The van der Waals surface area contributed by atoms with E-state index in [4.69, 9.17) is 14.9 Å². The number of carbonyl (C=O) groups excluding carboxylic acids is 1. The summed E-state index contributed by atoms with van der Waals surface area (Å²) in [6, 6.07) is 1.64. The van der Waals surface area contributed by atoms with E-state index in [0.717, 1.165) is 0 Å². The average molecular weight is 263 g/mol. The predicted octanol–water partition coefficient (Wildman–Crippen LogP) is 1.31. The Bertz CT molecular complexity index is 363. The molecule has 0 atom stereocenters. The summed E-state index contributed by atoms with van der Waals surface area (Å²) >= 11 is 0. The van der Waals surface area contributed by atoms with Crippen molar-refractivity contribution < 1.29 is 13.9 Å². The van der Waals surface area contributed by atoms with Gasteiger partial charge in [0.2, 0.25) is 0 Å². The molecule has 0 spiro atoms. The Morgan fingerprint density at radius 2 is 2.24 bits per heavy atom. The molecule has 0 saturated heterocycles. The maximum atomic E-state index is 11.8. The number of ether oxygens (including phenoxy) is 1. The minimum absolute atomic E-state index is 0. The van der Waals surface area contributed by atoms with Crippen molar-refractivity contribution in [2.45, 2.75) is 25.9 Å². The summed E-state index contributed by atoms with van der Waals surface area (Å²) < 4.78 is 10.1. The van der Waals surface area contributed by atoms with Crippen molar-refractivity contribution in [1.29, 1.82) is 0 Å². The quantitative estimate of drug-likeness (QED) is 0.839. The number of rotatable bonds is 5. The van der Waals surface area contributed by atoms with Crippen LogP contribution in [0.5, 0.6) is 0 Å². The monoisotopic (exact) mass is 262 g/mol. The third-order valence-corrected chi connectivity index (χ3v) is 2.07. The topological polar surface area (TPSA) is 77.5 Å². The zero-order valence-corrected chi connectivity index (χ0v) is 11.1. The SMILES string of the molecule is COCC(C)(C)NC(=O)c1coc(CN)c1.Cl. The van der Waals surface area contributed by atoms with E-state index >= 15 is 0 Å². The Morgan fingerprint density at radius 1 is 1.59 bits per heavy atom. The maximum Gasteiger partial charge on any atom is 0.255 e. The lowest BCUT2D eigenvalue weighted by atomic mass is 10.1. The summed E-state index contributed by atoms with van der Waals surface area (Å²) in [5.74, 6) is 0.403. The number of hydrogen-bond acceptors (Lipinski definition) is 4. The summed E-state index contributed by atoms with van der Waals surface area (Å²) in [5, 5.41) is 2.85. The van der Waals surface area contributed by atoms with Crippen LogP contribution in [-0.2, 0) is 11.3 Å². The Morgan fingerprint density at radius 3 is 2.71 bits per heavy atom. The standard InChI is InChI=1S/C11H18N2O3.ClH/c1-11(2,7-15-3)13-10(14)8-4-9(5-12)16-6-8;/h4,6H,5,7,12H2,1-3H3,(H,13,14);1H. The molecule has 6 heteroatoms. The lowest BCUT2D eigenvalue weighted by molar-refractivity contribution is 0.0819. The van der Waals surface area contributed by atoms with Crippen molar-refractivity contribution in [3.63, 3.8) is 0 Å². The Labute approximate surface area is 107 Å². The number of carbonyl (C=O) groups is 1. The van der Waals surface area contributed by atoms with Gasteiger partial charge in [-0.05, 0) is 19.9 Å². The highest BCUT2D eigenvalue weighted by molar-refractivity contribution is 5.94. The van der Waals surface area contributed by atoms with Crippen LogP contribution in [0.2, 0.25) is 0 Å². The molecule has 0 saturated carbocycles. The van der Waals surface area contributed by atoms with Gasteiger partial charge >= 0.3 is 0 Å². The average Bonchev–Trinajstić information content (AvgIpc) is 2.64. The molecule has 0 aromatic carbocycles. The Balaban J connectivity index is 0.00000256. The van der Waals surface area contributed by atoms with E-state index < -0.39 is 5.54 Å². The largest absolute Gasteiger partial charge is 0.467 e. The molecule has 0 aliphatic rings. The minimum Gasteiger partial charge on any atom is -0.467 e. The van der Waals surface area contributed by atoms with Crippen molar-refractivity contribution in [2.75, 3.05) is 13.7 Å². The molecule has 98 valence electrons. The van der Waals surface area contributed by atoms with Crippen LogP contribution in [0.4, 0.5) is 0 Å². The molecule has 1 rings (SSSR count). The molecule has 3 N–H and O–H groups in total. The molecule has 0 radical (unpaired) electrons. The van der Waals surface area contributed by atoms with E-state index in [1.165, 1.54) is 6.26 Å². The summed E-state index contributed by atoms with van der Waals surface area (Å²) in [7, 11) is 1.60. The molecule has 1 aromatic rings. The number of methoxy groups -OCH3 is 1. The van der Waals surface area contributed by atoms with Gasteiger partial charge in [0.1, 0.15) is 12.0 Å². The molecule has 0 aliphatic heterocycles. The van der Waals surface area contributed by atoms with Gasteiger partial charge in [0.15, 0.2) is 0 Å². The third-order valence-electron chi connectivity index (χ3n) is 2.07. The number of furan rings is 1. The normalized spacial score (nSPS) is 10.8. The predicted molar refractivity (Wildman–Crippen MR) is 67.3 cm³/mol. The zero-order valence-electron chi connectivity index (χ0n) is 10.3. The molecule has 0 bridgehead atoms. The third kappa shape index (κ3) is 4.77. The van der Waals surface area contributed by atoms with Crippen LogP contribution in [0.1, 0.15) is 30.0 Å². The Kier molecular flexibility index (Phi) is 6.23. The Hall–Kier alpha value is -1.04. The zero-order chi connectivity index (χ0) is 12.2. The van der Waals surface area contributed by atoms with E-state index in [2.05, 4.69) is 5.32 Å². The summed E-state index contributed by atoms with van der Waals surface area (Å²) in [5.41, 5.74) is 5.46. The van der Waals surface area contributed by atoms with Crippen LogP contribution in [0.25, 0.3) is 0 Å². The molecule has 0 unspecified atom stereocenters. The smallest absolute Gasteiger partial charge is 0.255 e. The van der Waals surface area contributed by atoms with Crippen molar-refractivity contribution in [3.05, 3.63) is 23.7 Å². The van der Waals surface area contributed by atoms with Crippen LogP contribution in [0.15, 0.2) is 16.7 Å². The maximum absolute atomic E-state index is 11.8. The van der Waals surface area contributed by atoms with Crippen molar-refractivity contribution in [2.24, 2.45) is 5.73 Å².